The Morgan fingerprint density at radius 1 is 1.08 bits per heavy atom. The topological polar surface area (TPSA) is 79.6 Å². The molecule has 0 radical (unpaired) electrons. The number of hydrogen-bond donors (Lipinski definition) is 2. The highest BCUT2D eigenvalue weighted by molar-refractivity contribution is 5.91. The van der Waals surface area contributed by atoms with Gasteiger partial charge < -0.3 is 24.2 Å². The maximum Gasteiger partial charge on any atom is 0.337 e. The highest BCUT2D eigenvalue weighted by atomic mass is 16.5. The van der Waals surface area contributed by atoms with Gasteiger partial charge in [0, 0.05) is 41.4 Å². The van der Waals surface area contributed by atoms with E-state index in [1.165, 1.54) is 34.7 Å². The minimum Gasteiger partial charge on any atom is -0.504 e. The van der Waals surface area contributed by atoms with E-state index in [2.05, 4.69) is 46.1 Å². The second kappa shape index (κ2) is 11.4. The van der Waals surface area contributed by atoms with Crippen LogP contribution in [0, 0.1) is 11.8 Å². The van der Waals surface area contributed by atoms with Crippen molar-refractivity contribution in [1.82, 2.24) is 14.9 Å². The van der Waals surface area contributed by atoms with Gasteiger partial charge in [-0.2, -0.15) is 0 Å². The Labute approximate surface area is 223 Å². The van der Waals surface area contributed by atoms with Gasteiger partial charge in [0.05, 0.1) is 39.2 Å². The number of benzene rings is 2. The average molecular weight is 516 g/mol. The van der Waals surface area contributed by atoms with Crippen molar-refractivity contribution in [2.45, 2.75) is 32.2 Å². The molecule has 2 aromatic carbocycles. The molecule has 200 valence electrons. The second-order valence-corrected chi connectivity index (χ2v) is 10.0. The van der Waals surface area contributed by atoms with E-state index in [9.17, 15) is 4.79 Å². The zero-order chi connectivity index (χ0) is 26.6. The third-order valence-corrected chi connectivity index (χ3v) is 8.13. The Morgan fingerprint density at radius 2 is 1.89 bits per heavy atom. The minimum atomic E-state index is -0.293. The maximum atomic E-state index is 12.5. The molecular weight excluding hydrogens is 478 g/mol. The first kappa shape index (κ1) is 25.9. The van der Waals surface area contributed by atoms with E-state index >= 15 is 0 Å². The van der Waals surface area contributed by atoms with E-state index in [0.29, 0.717) is 11.5 Å². The molecule has 3 atom stereocenters. The third-order valence-electron chi connectivity index (χ3n) is 8.13. The van der Waals surface area contributed by atoms with E-state index in [0.717, 1.165) is 43.6 Å². The van der Waals surface area contributed by atoms with Crippen molar-refractivity contribution in [3.63, 3.8) is 0 Å². The van der Waals surface area contributed by atoms with Crippen LogP contribution in [0.1, 0.15) is 37.1 Å². The number of hydrogen-bond acceptors (Lipinski definition) is 5. The zero-order valence-electron chi connectivity index (χ0n) is 22.6. The minimum absolute atomic E-state index is 0.105. The van der Waals surface area contributed by atoms with Gasteiger partial charge in [-0.15, -0.1) is 0 Å². The second-order valence-electron chi connectivity index (χ2n) is 10.0. The molecule has 0 amide bonds. The first-order valence-corrected chi connectivity index (χ1v) is 13.3. The summed E-state index contributed by atoms with van der Waals surface area (Å²) in [5.41, 5.74) is 5.57. The number of carbonyl (C=O) groups excluding carboxylic acids is 1. The Balaban J connectivity index is 0.000000273. The summed E-state index contributed by atoms with van der Waals surface area (Å²) in [6.07, 6.45) is 6.41. The van der Waals surface area contributed by atoms with Crippen LogP contribution in [0.3, 0.4) is 0 Å². The van der Waals surface area contributed by atoms with Gasteiger partial charge in [0.25, 0.3) is 0 Å². The number of esters is 1. The molecule has 4 heterocycles. The number of fused-ring (bicyclic) bond motifs is 6. The SMILES string of the molecule is CC[C@@H]1CN2CCc3c([nH]c4cccc(OC)c34)[C@@H]2C[C@@H]1/C(=C\OC)C(=O)OC.c1ccc2[nH]ccc2c1. The molecule has 2 aliphatic heterocycles. The lowest BCUT2D eigenvalue weighted by molar-refractivity contribution is -0.137. The van der Waals surface area contributed by atoms with Crippen LogP contribution in [-0.4, -0.2) is 55.3 Å². The van der Waals surface area contributed by atoms with Gasteiger partial charge in [-0.25, -0.2) is 4.79 Å². The molecule has 1 fully saturated rings. The highest BCUT2D eigenvalue weighted by Gasteiger charge is 2.42. The Morgan fingerprint density at radius 3 is 2.63 bits per heavy atom. The summed E-state index contributed by atoms with van der Waals surface area (Å²) in [6, 6.07) is 16.7. The van der Waals surface area contributed by atoms with Gasteiger partial charge in [-0.3, -0.25) is 4.90 Å². The largest absolute Gasteiger partial charge is 0.504 e. The first-order chi connectivity index (χ1) is 18.6. The van der Waals surface area contributed by atoms with E-state index in [1.807, 2.05) is 30.5 Å². The quantitative estimate of drug-likeness (QED) is 0.194. The molecule has 6 rings (SSSR count). The summed E-state index contributed by atoms with van der Waals surface area (Å²) in [7, 11) is 4.75. The zero-order valence-corrected chi connectivity index (χ0v) is 22.6. The van der Waals surface area contributed by atoms with Crippen molar-refractivity contribution in [2.24, 2.45) is 11.8 Å². The summed E-state index contributed by atoms with van der Waals surface area (Å²) in [4.78, 5) is 21.8. The van der Waals surface area contributed by atoms with E-state index in [4.69, 9.17) is 14.2 Å². The normalized spacial score (nSPS) is 21.3. The number of nitrogens with one attached hydrogen (secondary N) is 2. The number of aromatic nitrogens is 2. The van der Waals surface area contributed by atoms with Crippen molar-refractivity contribution in [1.29, 1.82) is 0 Å². The Bertz CT molecular complexity index is 1410. The van der Waals surface area contributed by atoms with Crippen LogP contribution in [0.4, 0.5) is 0 Å². The van der Waals surface area contributed by atoms with Gasteiger partial charge in [0.2, 0.25) is 0 Å². The molecule has 0 spiro atoms. The Kier molecular flexibility index (Phi) is 7.74. The van der Waals surface area contributed by atoms with Crippen LogP contribution in [0.15, 0.2) is 66.6 Å². The van der Waals surface area contributed by atoms with Crippen molar-refractivity contribution in [2.75, 3.05) is 34.4 Å². The summed E-state index contributed by atoms with van der Waals surface area (Å²) in [6.45, 7) is 4.19. The van der Waals surface area contributed by atoms with Crippen molar-refractivity contribution in [3.8, 4) is 5.75 Å². The molecule has 0 unspecified atom stereocenters. The number of nitrogens with zero attached hydrogens (tertiary/aromatic N) is 1. The number of H-pyrrole nitrogens is 2. The molecule has 2 N–H and O–H groups in total. The number of aromatic amines is 2. The fourth-order valence-corrected chi connectivity index (χ4v) is 6.28. The van der Waals surface area contributed by atoms with Crippen LogP contribution in [0.25, 0.3) is 21.8 Å². The number of ether oxygens (including phenoxy) is 3. The van der Waals surface area contributed by atoms with Gasteiger partial charge >= 0.3 is 5.97 Å². The molecule has 0 saturated carbocycles. The fraction of sp³-hybridized carbons (Fsp3) is 0.387. The van der Waals surface area contributed by atoms with E-state index in [-0.39, 0.29) is 17.9 Å². The molecule has 2 aliphatic rings. The molecule has 0 aliphatic carbocycles. The third kappa shape index (κ3) is 4.78. The highest BCUT2D eigenvalue weighted by Crippen LogP contribution is 2.47. The fourth-order valence-electron chi connectivity index (χ4n) is 6.28. The van der Waals surface area contributed by atoms with E-state index < -0.39 is 0 Å². The molecule has 4 aromatic rings. The lowest BCUT2D eigenvalue weighted by Crippen LogP contribution is -2.47. The average Bonchev–Trinajstić information content (AvgIpc) is 3.60. The summed E-state index contributed by atoms with van der Waals surface area (Å²) in [5.74, 6) is 1.12. The summed E-state index contributed by atoms with van der Waals surface area (Å²) >= 11 is 0. The monoisotopic (exact) mass is 515 g/mol. The van der Waals surface area contributed by atoms with Crippen LogP contribution in [-0.2, 0) is 20.7 Å². The molecule has 7 heteroatoms. The van der Waals surface area contributed by atoms with Crippen LogP contribution in [0.2, 0.25) is 0 Å². The smallest absolute Gasteiger partial charge is 0.337 e. The van der Waals surface area contributed by atoms with Crippen molar-refractivity contribution < 1.29 is 19.0 Å². The number of rotatable bonds is 5. The van der Waals surface area contributed by atoms with Gasteiger partial charge in [-0.05, 0) is 59.9 Å². The van der Waals surface area contributed by atoms with Crippen molar-refractivity contribution in [3.05, 3.63) is 77.8 Å². The molecular formula is C31H37N3O4. The molecule has 2 aromatic heterocycles. The maximum absolute atomic E-state index is 12.5. The number of para-hydroxylation sites is 1. The molecule has 7 nitrogen and oxygen atoms in total. The first-order valence-electron chi connectivity index (χ1n) is 13.3. The molecule has 38 heavy (non-hydrogen) atoms. The van der Waals surface area contributed by atoms with Crippen LogP contribution >= 0.6 is 0 Å². The van der Waals surface area contributed by atoms with E-state index in [1.54, 1.807) is 20.5 Å². The van der Waals surface area contributed by atoms with Crippen LogP contribution < -0.4 is 4.74 Å². The van der Waals surface area contributed by atoms with Gasteiger partial charge in [-0.1, -0.05) is 37.6 Å². The predicted molar refractivity (Wildman–Crippen MR) is 150 cm³/mol. The lowest BCUT2D eigenvalue weighted by Gasteiger charge is -2.46. The summed E-state index contributed by atoms with van der Waals surface area (Å²) in [5, 5.41) is 2.47. The standard InChI is InChI=1S/C23H30N2O4.C8H7N/c1-5-14-12-25-10-9-15-21-18(7-6-8-20(21)28-3)24-22(15)19(25)11-16(14)17(13-27-2)23(26)29-4;1-2-4-8-7(3-1)5-6-9-8/h6-8,13-14,16,19,24H,5,9-12H2,1-4H3;1-6,9H/b17-13+;/t14-,16+,19+;/m1./s1. The summed E-state index contributed by atoms with van der Waals surface area (Å²) < 4.78 is 16.0. The number of methoxy groups -OCH3 is 3. The Hall–Kier alpha value is -3.71. The molecule has 1 saturated heterocycles. The van der Waals surface area contributed by atoms with Gasteiger partial charge in [0.15, 0.2) is 0 Å². The van der Waals surface area contributed by atoms with Gasteiger partial charge in [0.1, 0.15) is 5.75 Å². The van der Waals surface area contributed by atoms with Crippen molar-refractivity contribution >= 4 is 27.8 Å². The molecule has 0 bridgehead atoms. The van der Waals surface area contributed by atoms with Crippen LogP contribution in [0.5, 0.6) is 5.75 Å². The lowest BCUT2D eigenvalue weighted by atomic mass is 9.74. The number of carbonyl (C=O) groups is 1. The predicted octanol–water partition coefficient (Wildman–Crippen LogP) is 5.99. The number of piperidine rings is 1.